The van der Waals surface area contributed by atoms with Crippen LogP contribution in [0.3, 0.4) is 0 Å². The minimum absolute atomic E-state index is 0.0131. The molecule has 0 aromatic carbocycles. The molecular formula is C11H17NO4. The Morgan fingerprint density at radius 1 is 1.44 bits per heavy atom. The van der Waals surface area contributed by atoms with Gasteiger partial charge in [0.05, 0.1) is 19.6 Å². The van der Waals surface area contributed by atoms with Gasteiger partial charge in [-0.1, -0.05) is 13.3 Å². The third kappa shape index (κ3) is 3.89. The van der Waals surface area contributed by atoms with E-state index in [1.165, 1.54) is 14.0 Å². The van der Waals surface area contributed by atoms with Crippen molar-refractivity contribution >= 4 is 11.9 Å². The Bertz CT molecular complexity index is 295. The monoisotopic (exact) mass is 227 g/mol. The molecule has 0 saturated carbocycles. The first-order chi connectivity index (χ1) is 7.52. The topological polar surface area (TPSA) is 76.4 Å². The SMILES string of the molecule is CCCC(CC#N)(COC(C)=O)C(=O)OC. The molecule has 0 N–H and O–H groups in total. The van der Waals surface area contributed by atoms with Crippen LogP contribution in [0.15, 0.2) is 0 Å². The molecule has 1 unspecified atom stereocenters. The molecule has 0 aromatic heterocycles. The van der Waals surface area contributed by atoms with Crippen LogP contribution in [0, 0.1) is 16.7 Å². The standard InChI is InChI=1S/C11H17NO4/c1-4-5-11(6-7-12,10(14)15-3)8-16-9(2)13/h4-6,8H2,1-3H3. The van der Waals surface area contributed by atoms with E-state index < -0.39 is 17.4 Å². The first-order valence-electron chi connectivity index (χ1n) is 5.11. The molecule has 16 heavy (non-hydrogen) atoms. The van der Waals surface area contributed by atoms with Gasteiger partial charge in [0.1, 0.15) is 12.0 Å². The molecule has 0 saturated heterocycles. The Hall–Kier alpha value is -1.57. The van der Waals surface area contributed by atoms with Gasteiger partial charge in [-0.15, -0.1) is 0 Å². The van der Waals surface area contributed by atoms with Crippen LogP contribution < -0.4 is 0 Å². The van der Waals surface area contributed by atoms with E-state index in [0.29, 0.717) is 12.8 Å². The van der Waals surface area contributed by atoms with Crippen LogP contribution in [0.5, 0.6) is 0 Å². The minimum Gasteiger partial charge on any atom is -0.468 e. The predicted molar refractivity (Wildman–Crippen MR) is 56.2 cm³/mol. The summed E-state index contributed by atoms with van der Waals surface area (Å²) in [6.07, 6.45) is 1.15. The fraction of sp³-hybridized carbons (Fsp3) is 0.727. The Morgan fingerprint density at radius 3 is 2.44 bits per heavy atom. The van der Waals surface area contributed by atoms with Crippen molar-refractivity contribution in [1.29, 1.82) is 5.26 Å². The first-order valence-corrected chi connectivity index (χ1v) is 5.11. The van der Waals surface area contributed by atoms with Crippen molar-refractivity contribution in [2.45, 2.75) is 33.1 Å². The molecule has 0 radical (unpaired) electrons. The maximum Gasteiger partial charge on any atom is 0.316 e. The van der Waals surface area contributed by atoms with E-state index in [4.69, 9.17) is 10.00 Å². The van der Waals surface area contributed by atoms with Gasteiger partial charge in [0.2, 0.25) is 0 Å². The number of methoxy groups -OCH3 is 1. The van der Waals surface area contributed by atoms with Gasteiger partial charge in [0, 0.05) is 6.92 Å². The summed E-state index contributed by atoms with van der Waals surface area (Å²) >= 11 is 0. The highest BCUT2D eigenvalue weighted by molar-refractivity contribution is 5.78. The molecule has 90 valence electrons. The van der Waals surface area contributed by atoms with E-state index in [2.05, 4.69) is 4.74 Å². The first kappa shape index (κ1) is 14.4. The summed E-state index contributed by atoms with van der Waals surface area (Å²) in [4.78, 5) is 22.4. The normalized spacial score (nSPS) is 13.4. The fourth-order valence-electron chi connectivity index (χ4n) is 1.53. The molecule has 0 aliphatic carbocycles. The number of nitriles is 1. The second-order valence-electron chi connectivity index (χ2n) is 3.64. The van der Waals surface area contributed by atoms with E-state index in [0.717, 1.165) is 0 Å². The van der Waals surface area contributed by atoms with Crippen LogP contribution in [0.4, 0.5) is 0 Å². The van der Waals surface area contributed by atoms with Crippen molar-refractivity contribution in [2.24, 2.45) is 5.41 Å². The fourth-order valence-corrected chi connectivity index (χ4v) is 1.53. The Labute approximate surface area is 95.3 Å². The molecule has 0 aliphatic rings. The molecule has 0 spiro atoms. The zero-order chi connectivity index (χ0) is 12.6. The molecule has 0 amide bonds. The maximum atomic E-state index is 11.7. The highest BCUT2D eigenvalue weighted by Crippen LogP contribution is 2.30. The van der Waals surface area contributed by atoms with E-state index >= 15 is 0 Å². The van der Waals surface area contributed by atoms with Crippen LogP contribution >= 0.6 is 0 Å². The summed E-state index contributed by atoms with van der Waals surface area (Å²) in [7, 11) is 1.26. The highest BCUT2D eigenvalue weighted by Gasteiger charge is 2.40. The average molecular weight is 227 g/mol. The van der Waals surface area contributed by atoms with Crippen LogP contribution in [0.2, 0.25) is 0 Å². The van der Waals surface area contributed by atoms with Crippen LogP contribution in [-0.2, 0) is 19.1 Å². The minimum atomic E-state index is -1.02. The van der Waals surface area contributed by atoms with Crippen molar-refractivity contribution in [1.82, 2.24) is 0 Å². The number of ether oxygens (including phenoxy) is 2. The third-order valence-electron chi connectivity index (χ3n) is 2.32. The van der Waals surface area contributed by atoms with Crippen molar-refractivity contribution in [3.63, 3.8) is 0 Å². The van der Waals surface area contributed by atoms with Gasteiger partial charge in [-0.3, -0.25) is 9.59 Å². The van der Waals surface area contributed by atoms with Crippen molar-refractivity contribution in [2.75, 3.05) is 13.7 Å². The largest absolute Gasteiger partial charge is 0.468 e. The molecule has 0 bridgehead atoms. The van der Waals surface area contributed by atoms with Gasteiger partial charge in [0.25, 0.3) is 0 Å². The average Bonchev–Trinajstić information content (AvgIpc) is 2.25. The van der Waals surface area contributed by atoms with Crippen molar-refractivity contribution < 1.29 is 19.1 Å². The number of rotatable bonds is 6. The Kier molecular flexibility index (Phi) is 6.16. The van der Waals surface area contributed by atoms with Gasteiger partial charge in [-0.25, -0.2) is 0 Å². The number of esters is 2. The van der Waals surface area contributed by atoms with Crippen LogP contribution in [-0.4, -0.2) is 25.7 Å². The second kappa shape index (κ2) is 6.83. The lowest BCUT2D eigenvalue weighted by molar-refractivity contribution is -0.161. The van der Waals surface area contributed by atoms with Crippen LogP contribution in [0.25, 0.3) is 0 Å². The quantitative estimate of drug-likeness (QED) is 0.641. The number of carbonyl (C=O) groups excluding carboxylic acids is 2. The molecule has 5 nitrogen and oxygen atoms in total. The second-order valence-corrected chi connectivity index (χ2v) is 3.64. The maximum absolute atomic E-state index is 11.7. The molecule has 1 atom stereocenters. The van der Waals surface area contributed by atoms with Crippen molar-refractivity contribution in [3.05, 3.63) is 0 Å². The number of hydrogen-bond donors (Lipinski definition) is 0. The zero-order valence-electron chi connectivity index (χ0n) is 9.91. The van der Waals surface area contributed by atoms with Gasteiger partial charge < -0.3 is 9.47 Å². The lowest BCUT2D eigenvalue weighted by Crippen LogP contribution is -2.37. The van der Waals surface area contributed by atoms with Crippen LogP contribution in [0.1, 0.15) is 33.1 Å². The van der Waals surface area contributed by atoms with Gasteiger partial charge >= 0.3 is 11.9 Å². The van der Waals surface area contributed by atoms with Gasteiger partial charge in [-0.2, -0.15) is 5.26 Å². The summed E-state index contributed by atoms with van der Waals surface area (Å²) in [5, 5.41) is 8.74. The lowest BCUT2D eigenvalue weighted by Gasteiger charge is -2.27. The molecule has 0 aliphatic heterocycles. The van der Waals surface area contributed by atoms with Gasteiger partial charge in [0.15, 0.2) is 0 Å². The summed E-state index contributed by atoms with van der Waals surface area (Å²) in [6, 6.07) is 1.94. The molecule has 0 aromatic rings. The summed E-state index contributed by atoms with van der Waals surface area (Å²) in [6.45, 7) is 3.06. The summed E-state index contributed by atoms with van der Waals surface area (Å²) < 4.78 is 9.52. The molecule has 0 fully saturated rings. The third-order valence-corrected chi connectivity index (χ3v) is 2.32. The molecular weight excluding hydrogens is 210 g/mol. The van der Waals surface area contributed by atoms with E-state index in [1.54, 1.807) is 0 Å². The zero-order valence-corrected chi connectivity index (χ0v) is 9.91. The molecule has 0 heterocycles. The lowest BCUT2D eigenvalue weighted by atomic mass is 9.81. The summed E-state index contributed by atoms with van der Waals surface area (Å²) in [5.74, 6) is -0.973. The van der Waals surface area contributed by atoms with E-state index in [-0.39, 0.29) is 13.0 Å². The predicted octanol–water partition coefficient (Wildman–Crippen LogP) is 1.42. The smallest absolute Gasteiger partial charge is 0.316 e. The Balaban J connectivity index is 4.85. The number of hydrogen-bond acceptors (Lipinski definition) is 5. The van der Waals surface area contributed by atoms with Gasteiger partial charge in [-0.05, 0) is 6.42 Å². The number of carbonyl (C=O) groups is 2. The van der Waals surface area contributed by atoms with E-state index in [9.17, 15) is 9.59 Å². The van der Waals surface area contributed by atoms with Crippen molar-refractivity contribution in [3.8, 4) is 6.07 Å². The molecule has 5 heteroatoms. The number of nitrogens with zero attached hydrogens (tertiary/aromatic N) is 1. The Morgan fingerprint density at radius 2 is 2.06 bits per heavy atom. The summed E-state index contributed by atoms with van der Waals surface area (Å²) in [5.41, 5.74) is -1.02. The highest BCUT2D eigenvalue weighted by atomic mass is 16.5. The van der Waals surface area contributed by atoms with E-state index in [1.807, 2.05) is 13.0 Å². The molecule has 0 rings (SSSR count).